The first kappa shape index (κ1) is 11.3. The van der Waals surface area contributed by atoms with Crippen LogP contribution in [0, 0.1) is 11.8 Å². The predicted octanol–water partition coefficient (Wildman–Crippen LogP) is 3.71. The van der Waals surface area contributed by atoms with Crippen LogP contribution in [0.25, 0.3) is 0 Å². The number of hydrogen-bond donors (Lipinski definition) is 0. The number of rotatable bonds is 0. The Hall–Kier alpha value is -0.790. The van der Waals surface area contributed by atoms with E-state index in [4.69, 9.17) is 4.98 Å². The number of hydrogen-bond acceptors (Lipinski definition) is 1. The van der Waals surface area contributed by atoms with E-state index in [1.807, 2.05) is 0 Å². The van der Waals surface area contributed by atoms with E-state index in [-0.39, 0.29) is 0 Å². The molecule has 1 aliphatic carbocycles. The maximum Gasteiger partial charge on any atom is 0.109 e. The van der Waals surface area contributed by atoms with E-state index in [0.29, 0.717) is 12.0 Å². The second kappa shape index (κ2) is 3.86. The molecular weight excluding hydrogens is 208 g/mol. The fourth-order valence-electron chi connectivity index (χ4n) is 3.78. The van der Waals surface area contributed by atoms with Crippen LogP contribution in [-0.4, -0.2) is 9.55 Å². The third-order valence-electron chi connectivity index (χ3n) is 4.95. The van der Waals surface area contributed by atoms with Gasteiger partial charge in [0.25, 0.3) is 0 Å². The minimum Gasteiger partial charge on any atom is -0.329 e. The van der Waals surface area contributed by atoms with Crippen molar-refractivity contribution in [1.82, 2.24) is 9.55 Å². The summed E-state index contributed by atoms with van der Waals surface area (Å²) in [5.74, 6) is 3.61. The lowest BCUT2D eigenvalue weighted by Gasteiger charge is -2.30. The van der Waals surface area contributed by atoms with E-state index in [2.05, 4.69) is 32.3 Å². The molecule has 0 amide bonds. The maximum atomic E-state index is 4.99. The van der Waals surface area contributed by atoms with Crippen molar-refractivity contribution in [2.24, 2.45) is 11.8 Å². The summed E-state index contributed by atoms with van der Waals surface area (Å²) in [6.07, 6.45) is 5.08. The monoisotopic (exact) mass is 232 g/mol. The summed E-state index contributed by atoms with van der Waals surface area (Å²) >= 11 is 0. The zero-order chi connectivity index (χ0) is 12.2. The average Bonchev–Trinajstić information content (AvgIpc) is 2.62. The van der Waals surface area contributed by atoms with E-state index in [1.54, 1.807) is 5.69 Å². The van der Waals surface area contributed by atoms with Gasteiger partial charge in [0.15, 0.2) is 0 Å². The highest BCUT2D eigenvalue weighted by molar-refractivity contribution is 5.26. The van der Waals surface area contributed by atoms with E-state index in [9.17, 15) is 0 Å². The molecule has 0 radical (unpaired) electrons. The summed E-state index contributed by atoms with van der Waals surface area (Å²) in [6, 6.07) is 0.658. The summed E-state index contributed by atoms with van der Waals surface area (Å²) in [5, 5.41) is 0. The molecule has 2 nitrogen and oxygen atoms in total. The van der Waals surface area contributed by atoms with E-state index < -0.39 is 0 Å². The van der Waals surface area contributed by atoms with Gasteiger partial charge in [-0.05, 0) is 38.0 Å². The molecule has 0 aromatic carbocycles. The summed E-state index contributed by atoms with van der Waals surface area (Å²) in [6.45, 7) is 9.46. The molecule has 2 aliphatic rings. The van der Waals surface area contributed by atoms with Gasteiger partial charge in [0.1, 0.15) is 5.82 Å². The molecule has 3 rings (SSSR count). The van der Waals surface area contributed by atoms with Gasteiger partial charge >= 0.3 is 0 Å². The van der Waals surface area contributed by atoms with Gasteiger partial charge in [0.2, 0.25) is 0 Å². The average molecular weight is 232 g/mol. The number of fused-ring (bicyclic) bond motifs is 3. The van der Waals surface area contributed by atoms with Gasteiger partial charge in [-0.3, -0.25) is 0 Å². The lowest BCUT2D eigenvalue weighted by atomic mass is 9.82. The molecule has 2 heteroatoms. The highest BCUT2D eigenvalue weighted by atomic mass is 15.1. The zero-order valence-corrected chi connectivity index (χ0v) is 11.5. The molecule has 0 N–H and O–H groups in total. The van der Waals surface area contributed by atoms with Crippen molar-refractivity contribution in [1.29, 1.82) is 0 Å². The molecule has 94 valence electrons. The van der Waals surface area contributed by atoms with Crippen LogP contribution in [0.2, 0.25) is 0 Å². The second-order valence-corrected chi connectivity index (χ2v) is 6.43. The van der Waals surface area contributed by atoms with Crippen molar-refractivity contribution in [3.05, 3.63) is 17.2 Å². The molecule has 0 fully saturated rings. The molecule has 1 aromatic heterocycles. The Morgan fingerprint density at radius 3 is 2.71 bits per heavy atom. The predicted molar refractivity (Wildman–Crippen MR) is 70.3 cm³/mol. The SMILES string of the molecule is CC1Cc2nc3c(n2C(C)C1)CCC(C)C3C. The molecule has 1 aliphatic heterocycles. The fourth-order valence-corrected chi connectivity index (χ4v) is 3.78. The van der Waals surface area contributed by atoms with Crippen LogP contribution in [0.4, 0.5) is 0 Å². The van der Waals surface area contributed by atoms with E-state index >= 15 is 0 Å². The Balaban J connectivity index is 2.08. The normalized spacial score (nSPS) is 36.5. The summed E-state index contributed by atoms with van der Waals surface area (Å²) in [4.78, 5) is 4.99. The van der Waals surface area contributed by atoms with Crippen molar-refractivity contribution in [2.75, 3.05) is 0 Å². The molecule has 0 bridgehead atoms. The summed E-state index contributed by atoms with van der Waals surface area (Å²) < 4.78 is 2.57. The smallest absolute Gasteiger partial charge is 0.109 e. The largest absolute Gasteiger partial charge is 0.329 e. The number of nitrogens with zero attached hydrogens (tertiary/aromatic N) is 2. The highest BCUT2D eigenvalue weighted by Gasteiger charge is 2.33. The molecule has 1 aromatic rings. The molecule has 0 saturated carbocycles. The fraction of sp³-hybridized carbons (Fsp3) is 0.800. The standard InChI is InChI=1S/C15H24N2/c1-9-7-11(3)17-13-6-5-10(2)12(4)15(13)16-14(17)8-9/h9-12H,5-8H2,1-4H3. The molecule has 4 atom stereocenters. The number of aromatic nitrogens is 2. The van der Waals surface area contributed by atoms with Gasteiger partial charge in [-0.1, -0.05) is 20.8 Å². The van der Waals surface area contributed by atoms with Gasteiger partial charge in [0.05, 0.1) is 5.69 Å². The van der Waals surface area contributed by atoms with E-state index in [0.717, 1.165) is 11.8 Å². The molecule has 17 heavy (non-hydrogen) atoms. The first-order valence-electron chi connectivity index (χ1n) is 7.17. The van der Waals surface area contributed by atoms with Crippen LogP contribution < -0.4 is 0 Å². The van der Waals surface area contributed by atoms with Gasteiger partial charge < -0.3 is 4.57 Å². The molecular formula is C15H24N2. The van der Waals surface area contributed by atoms with Crippen LogP contribution in [0.1, 0.15) is 69.7 Å². The molecule has 0 saturated heterocycles. The molecule has 4 unspecified atom stereocenters. The van der Waals surface area contributed by atoms with Gasteiger partial charge in [-0.25, -0.2) is 4.98 Å². The Morgan fingerprint density at radius 2 is 1.94 bits per heavy atom. The molecule has 2 heterocycles. The Morgan fingerprint density at radius 1 is 1.18 bits per heavy atom. The third-order valence-corrected chi connectivity index (χ3v) is 4.95. The zero-order valence-electron chi connectivity index (χ0n) is 11.5. The van der Waals surface area contributed by atoms with Gasteiger partial charge in [0, 0.05) is 24.1 Å². The van der Waals surface area contributed by atoms with Crippen molar-refractivity contribution < 1.29 is 0 Å². The molecule has 0 spiro atoms. The Bertz CT molecular complexity index is 432. The van der Waals surface area contributed by atoms with Crippen molar-refractivity contribution in [3.63, 3.8) is 0 Å². The first-order chi connectivity index (χ1) is 8.08. The van der Waals surface area contributed by atoms with Crippen LogP contribution in [-0.2, 0) is 12.8 Å². The number of imidazole rings is 1. The summed E-state index contributed by atoms with van der Waals surface area (Å²) in [5.41, 5.74) is 2.98. The minimum atomic E-state index is 0.652. The minimum absolute atomic E-state index is 0.652. The quantitative estimate of drug-likeness (QED) is 0.666. The highest BCUT2D eigenvalue weighted by Crippen LogP contribution is 2.39. The van der Waals surface area contributed by atoms with E-state index in [1.165, 1.54) is 37.2 Å². The van der Waals surface area contributed by atoms with Gasteiger partial charge in [-0.2, -0.15) is 0 Å². The Kier molecular flexibility index (Phi) is 2.57. The topological polar surface area (TPSA) is 17.8 Å². The van der Waals surface area contributed by atoms with Crippen LogP contribution in [0.3, 0.4) is 0 Å². The summed E-state index contributed by atoms with van der Waals surface area (Å²) in [7, 11) is 0. The van der Waals surface area contributed by atoms with Crippen molar-refractivity contribution in [2.45, 2.75) is 65.3 Å². The lowest BCUT2D eigenvalue weighted by molar-refractivity contribution is 0.330. The Labute approximate surface area is 104 Å². The second-order valence-electron chi connectivity index (χ2n) is 6.43. The first-order valence-corrected chi connectivity index (χ1v) is 7.17. The van der Waals surface area contributed by atoms with Crippen LogP contribution in [0.15, 0.2) is 0 Å². The van der Waals surface area contributed by atoms with Crippen LogP contribution >= 0.6 is 0 Å². The lowest BCUT2D eigenvalue weighted by Crippen LogP contribution is -2.24. The van der Waals surface area contributed by atoms with Crippen molar-refractivity contribution in [3.8, 4) is 0 Å². The van der Waals surface area contributed by atoms with Gasteiger partial charge in [-0.15, -0.1) is 0 Å². The maximum absolute atomic E-state index is 4.99. The van der Waals surface area contributed by atoms with Crippen LogP contribution in [0.5, 0.6) is 0 Å². The van der Waals surface area contributed by atoms with Crippen molar-refractivity contribution >= 4 is 0 Å². The third kappa shape index (κ3) is 1.64.